The first kappa shape index (κ1) is 21.5. The molecule has 1 amide bonds. The molecule has 144 valence electrons. The van der Waals surface area contributed by atoms with Gasteiger partial charge in [-0.2, -0.15) is 10.2 Å². The molecule has 9 heteroatoms. The van der Waals surface area contributed by atoms with E-state index in [1.165, 1.54) is 17.0 Å². The molecule has 0 aliphatic carbocycles. The molecule has 2 rings (SSSR count). The summed E-state index contributed by atoms with van der Waals surface area (Å²) in [6.07, 6.45) is 1.98. The minimum Gasteiger partial charge on any atom is -0.419 e. The predicted molar refractivity (Wildman–Crippen MR) is 107 cm³/mol. The highest BCUT2D eigenvalue weighted by Crippen LogP contribution is 2.38. The molecule has 0 saturated heterocycles. The minimum atomic E-state index is -0.164. The van der Waals surface area contributed by atoms with Crippen LogP contribution in [-0.2, 0) is 4.79 Å². The standard InChI is InChI=1S/C18H19Cl3N4O2/c1-24(2)7-5-4-6-15(26)25(3)18-14(10-22)23-17(27-18)12-8-11(19)9-13(20)16(12)21/h8-9H,4-7H2,1-3H3. The van der Waals surface area contributed by atoms with E-state index in [0.29, 0.717) is 17.0 Å². The number of carbonyl (C=O) groups excluding carboxylic acids is 1. The van der Waals surface area contributed by atoms with E-state index in [1.807, 2.05) is 20.2 Å². The lowest BCUT2D eigenvalue weighted by Crippen LogP contribution is -2.26. The van der Waals surface area contributed by atoms with Crippen LogP contribution in [0.15, 0.2) is 16.5 Å². The first-order chi connectivity index (χ1) is 12.7. The molecule has 1 aromatic carbocycles. The van der Waals surface area contributed by atoms with Crippen molar-refractivity contribution in [1.82, 2.24) is 9.88 Å². The van der Waals surface area contributed by atoms with Crippen LogP contribution in [0.25, 0.3) is 11.5 Å². The first-order valence-electron chi connectivity index (χ1n) is 8.21. The van der Waals surface area contributed by atoms with Gasteiger partial charge in [0.05, 0.1) is 15.6 Å². The molecule has 0 saturated carbocycles. The number of nitriles is 1. The Bertz CT molecular complexity index is 874. The molecule has 0 spiro atoms. The summed E-state index contributed by atoms with van der Waals surface area (Å²) in [6, 6.07) is 4.97. The van der Waals surface area contributed by atoms with Gasteiger partial charge in [-0.15, -0.1) is 0 Å². The fourth-order valence-corrected chi connectivity index (χ4v) is 3.11. The van der Waals surface area contributed by atoms with Crippen molar-refractivity contribution in [1.29, 1.82) is 5.26 Å². The second-order valence-corrected chi connectivity index (χ2v) is 7.47. The van der Waals surface area contributed by atoms with Crippen molar-refractivity contribution < 1.29 is 9.21 Å². The molecule has 0 bridgehead atoms. The predicted octanol–water partition coefficient (Wildman–Crippen LogP) is 4.87. The van der Waals surface area contributed by atoms with E-state index in [0.717, 1.165) is 19.4 Å². The molecule has 27 heavy (non-hydrogen) atoms. The molecule has 6 nitrogen and oxygen atoms in total. The lowest BCUT2D eigenvalue weighted by Gasteiger charge is -2.14. The van der Waals surface area contributed by atoms with Gasteiger partial charge in [0.1, 0.15) is 6.07 Å². The zero-order valence-electron chi connectivity index (χ0n) is 15.2. The second kappa shape index (κ2) is 9.43. The highest BCUT2D eigenvalue weighted by Gasteiger charge is 2.24. The van der Waals surface area contributed by atoms with Gasteiger partial charge >= 0.3 is 0 Å². The molecular weight excluding hydrogens is 411 g/mol. The van der Waals surface area contributed by atoms with Crippen LogP contribution >= 0.6 is 34.8 Å². The molecule has 0 atom stereocenters. The summed E-state index contributed by atoms with van der Waals surface area (Å²) in [6.45, 7) is 0.904. The van der Waals surface area contributed by atoms with E-state index >= 15 is 0 Å². The lowest BCUT2D eigenvalue weighted by atomic mass is 10.2. The van der Waals surface area contributed by atoms with Crippen LogP contribution in [0.1, 0.15) is 25.0 Å². The Morgan fingerprint density at radius 1 is 1.22 bits per heavy atom. The number of hydrogen-bond acceptors (Lipinski definition) is 5. The van der Waals surface area contributed by atoms with Gasteiger partial charge in [0, 0.05) is 18.5 Å². The van der Waals surface area contributed by atoms with Crippen LogP contribution in [0, 0.1) is 11.3 Å². The number of unbranched alkanes of at least 4 members (excludes halogenated alkanes) is 1. The molecule has 0 unspecified atom stereocenters. The molecule has 1 heterocycles. The van der Waals surface area contributed by atoms with Crippen molar-refractivity contribution in [2.45, 2.75) is 19.3 Å². The second-order valence-electron chi connectivity index (χ2n) is 6.25. The van der Waals surface area contributed by atoms with Crippen molar-refractivity contribution >= 4 is 46.6 Å². The molecule has 0 aliphatic heterocycles. The number of benzene rings is 1. The third-order valence-corrected chi connectivity index (χ3v) is 4.88. The summed E-state index contributed by atoms with van der Waals surface area (Å²) in [5, 5.41) is 10.2. The Kier molecular flexibility index (Phi) is 7.51. The normalized spacial score (nSPS) is 10.9. The third kappa shape index (κ3) is 5.36. The first-order valence-corrected chi connectivity index (χ1v) is 9.35. The van der Waals surface area contributed by atoms with Crippen LogP contribution in [0.2, 0.25) is 15.1 Å². The van der Waals surface area contributed by atoms with E-state index in [1.54, 1.807) is 7.05 Å². The summed E-state index contributed by atoms with van der Waals surface area (Å²) in [5.74, 6) is -0.0244. The number of oxazole rings is 1. The number of anilines is 1. The van der Waals surface area contributed by atoms with Gasteiger partial charge in [-0.1, -0.05) is 34.8 Å². The quantitative estimate of drug-likeness (QED) is 0.464. The number of aromatic nitrogens is 1. The van der Waals surface area contributed by atoms with E-state index in [2.05, 4.69) is 9.88 Å². The van der Waals surface area contributed by atoms with Gasteiger partial charge in [0.25, 0.3) is 0 Å². The number of rotatable bonds is 7. The van der Waals surface area contributed by atoms with Gasteiger partial charge in [-0.25, -0.2) is 0 Å². The van der Waals surface area contributed by atoms with Crippen LogP contribution in [0.5, 0.6) is 0 Å². The summed E-state index contributed by atoms with van der Waals surface area (Å²) in [7, 11) is 5.51. The third-order valence-electron chi connectivity index (χ3n) is 3.86. The summed E-state index contributed by atoms with van der Waals surface area (Å²) in [4.78, 5) is 19.9. The molecule has 1 aromatic heterocycles. The SMILES string of the molecule is CN(C)CCCCC(=O)N(C)c1oc(-c2cc(Cl)cc(Cl)c2Cl)nc1C#N. The Hall–Kier alpha value is -1.78. The van der Waals surface area contributed by atoms with Gasteiger partial charge in [-0.05, 0) is 45.6 Å². The van der Waals surface area contributed by atoms with Crippen molar-refractivity contribution in [3.8, 4) is 17.5 Å². The van der Waals surface area contributed by atoms with Crippen molar-refractivity contribution in [2.24, 2.45) is 0 Å². The fourth-order valence-electron chi connectivity index (χ4n) is 2.42. The van der Waals surface area contributed by atoms with Crippen molar-refractivity contribution in [3.63, 3.8) is 0 Å². The van der Waals surface area contributed by atoms with E-state index in [9.17, 15) is 10.1 Å². The van der Waals surface area contributed by atoms with Crippen LogP contribution < -0.4 is 4.90 Å². The van der Waals surface area contributed by atoms with Gasteiger partial charge in [0.15, 0.2) is 0 Å². The summed E-state index contributed by atoms with van der Waals surface area (Å²) in [5.41, 5.74) is 0.338. The number of amides is 1. The minimum absolute atomic E-state index is 0.0127. The number of carbonyl (C=O) groups is 1. The van der Waals surface area contributed by atoms with Gasteiger partial charge in [0.2, 0.25) is 23.4 Å². The maximum atomic E-state index is 12.4. The molecule has 0 N–H and O–H groups in total. The monoisotopic (exact) mass is 428 g/mol. The number of nitrogens with zero attached hydrogens (tertiary/aromatic N) is 4. The van der Waals surface area contributed by atoms with Gasteiger partial charge in [-0.3, -0.25) is 9.69 Å². The molecular formula is C18H19Cl3N4O2. The van der Waals surface area contributed by atoms with Gasteiger partial charge < -0.3 is 9.32 Å². The number of halogens is 3. The maximum Gasteiger partial charge on any atom is 0.241 e. The Morgan fingerprint density at radius 3 is 2.56 bits per heavy atom. The highest BCUT2D eigenvalue weighted by molar-refractivity contribution is 6.44. The zero-order chi connectivity index (χ0) is 20.1. The fraction of sp³-hybridized carbons (Fsp3) is 0.389. The average molecular weight is 430 g/mol. The van der Waals surface area contributed by atoms with Crippen LogP contribution in [-0.4, -0.2) is 43.5 Å². The van der Waals surface area contributed by atoms with Crippen LogP contribution in [0.4, 0.5) is 5.88 Å². The molecule has 0 fully saturated rings. The smallest absolute Gasteiger partial charge is 0.241 e. The Balaban J connectivity index is 2.24. The van der Waals surface area contributed by atoms with Crippen molar-refractivity contribution in [3.05, 3.63) is 32.9 Å². The topological polar surface area (TPSA) is 73.4 Å². The Labute approximate surface area is 173 Å². The zero-order valence-corrected chi connectivity index (χ0v) is 17.5. The van der Waals surface area contributed by atoms with E-state index in [4.69, 9.17) is 39.2 Å². The van der Waals surface area contributed by atoms with Crippen LogP contribution in [0.3, 0.4) is 0 Å². The largest absolute Gasteiger partial charge is 0.419 e. The molecule has 2 aromatic rings. The molecule has 0 aliphatic rings. The molecule has 0 radical (unpaired) electrons. The summed E-state index contributed by atoms with van der Waals surface area (Å²) < 4.78 is 5.67. The average Bonchev–Trinajstić information content (AvgIpc) is 3.04. The van der Waals surface area contributed by atoms with E-state index < -0.39 is 0 Å². The summed E-state index contributed by atoms with van der Waals surface area (Å²) >= 11 is 18.2. The van der Waals surface area contributed by atoms with E-state index in [-0.39, 0.29) is 33.4 Å². The maximum absolute atomic E-state index is 12.4. The highest BCUT2D eigenvalue weighted by atomic mass is 35.5. The number of hydrogen-bond donors (Lipinski definition) is 0. The lowest BCUT2D eigenvalue weighted by molar-refractivity contribution is -0.118. The van der Waals surface area contributed by atoms with Crippen molar-refractivity contribution in [2.75, 3.05) is 32.6 Å². The Morgan fingerprint density at radius 2 is 1.93 bits per heavy atom.